The predicted molar refractivity (Wildman–Crippen MR) is 128 cm³/mol. The number of aromatic hydroxyl groups is 1. The Bertz CT molecular complexity index is 1240. The van der Waals surface area contributed by atoms with Gasteiger partial charge < -0.3 is 24.3 Å². The van der Waals surface area contributed by atoms with Crippen LogP contribution in [0.15, 0.2) is 57.7 Å². The molecule has 2 aromatic carbocycles. The van der Waals surface area contributed by atoms with Crippen molar-refractivity contribution >= 4 is 23.0 Å². The first-order valence-electron chi connectivity index (χ1n) is 11.1. The topological polar surface area (TPSA) is 115 Å². The summed E-state index contributed by atoms with van der Waals surface area (Å²) in [5.41, 5.74) is -0.415. The Balaban J connectivity index is 1.92. The maximum atomic E-state index is 13.0. The summed E-state index contributed by atoms with van der Waals surface area (Å²) in [6.45, 7) is 8.84. The van der Waals surface area contributed by atoms with Gasteiger partial charge in [-0.1, -0.05) is 50.6 Å². The minimum Gasteiger partial charge on any atom is -0.507 e. The number of phenols is 1. The van der Waals surface area contributed by atoms with Crippen LogP contribution >= 0.6 is 0 Å². The smallest absolute Gasteiger partial charge is 0.408 e. The minimum absolute atomic E-state index is 0.0233. The molecule has 2 N–H and O–H groups in total. The van der Waals surface area contributed by atoms with Crippen molar-refractivity contribution in [3.63, 3.8) is 0 Å². The van der Waals surface area contributed by atoms with Gasteiger partial charge in [0.2, 0.25) is 0 Å². The summed E-state index contributed by atoms with van der Waals surface area (Å²) in [6.07, 6.45) is -0.150. The zero-order chi connectivity index (χ0) is 25.0. The van der Waals surface area contributed by atoms with Crippen molar-refractivity contribution in [3.8, 4) is 22.8 Å². The van der Waals surface area contributed by atoms with Gasteiger partial charge in [-0.3, -0.25) is 4.79 Å². The fourth-order valence-corrected chi connectivity index (χ4v) is 3.33. The second kappa shape index (κ2) is 9.99. The van der Waals surface area contributed by atoms with Crippen molar-refractivity contribution in [1.82, 2.24) is 5.32 Å². The third-order valence-corrected chi connectivity index (χ3v) is 5.20. The maximum Gasteiger partial charge on any atom is 0.408 e. The van der Waals surface area contributed by atoms with Crippen molar-refractivity contribution < 1.29 is 28.6 Å². The van der Waals surface area contributed by atoms with Gasteiger partial charge in [0.05, 0.1) is 0 Å². The number of phenolic OH excluding ortho intramolecular Hbond substituents is 1. The highest BCUT2D eigenvalue weighted by atomic mass is 16.6. The highest BCUT2D eigenvalue weighted by Gasteiger charge is 2.30. The third kappa shape index (κ3) is 5.95. The summed E-state index contributed by atoms with van der Waals surface area (Å²) in [5.74, 6) is -1.08. The van der Waals surface area contributed by atoms with Crippen LogP contribution in [0.2, 0.25) is 0 Å². The third-order valence-electron chi connectivity index (χ3n) is 5.20. The number of ether oxygens (including phenoxy) is 2. The zero-order valence-electron chi connectivity index (χ0n) is 19.9. The van der Waals surface area contributed by atoms with Gasteiger partial charge in [0, 0.05) is 23.8 Å². The largest absolute Gasteiger partial charge is 0.507 e. The molecule has 1 amide bonds. The molecule has 3 rings (SSSR count). The second-order valence-electron chi connectivity index (χ2n) is 9.09. The second-order valence-corrected chi connectivity index (χ2v) is 9.09. The Morgan fingerprint density at radius 2 is 1.79 bits per heavy atom. The summed E-state index contributed by atoms with van der Waals surface area (Å²) in [7, 11) is 0. The summed E-state index contributed by atoms with van der Waals surface area (Å²) in [6, 6.07) is 11.9. The lowest BCUT2D eigenvalue weighted by molar-refractivity contribution is -0.138. The number of fused-ring (bicyclic) bond motifs is 1. The van der Waals surface area contributed by atoms with Gasteiger partial charge in [-0.25, -0.2) is 9.59 Å². The fraction of sp³-hybridized carbons (Fsp3) is 0.346. The van der Waals surface area contributed by atoms with Gasteiger partial charge in [0.25, 0.3) is 0 Å². The van der Waals surface area contributed by atoms with Crippen molar-refractivity contribution in [2.75, 3.05) is 0 Å². The molecule has 0 spiro atoms. The van der Waals surface area contributed by atoms with Crippen LogP contribution in [0.1, 0.15) is 41.0 Å². The number of rotatable bonds is 6. The van der Waals surface area contributed by atoms with E-state index in [9.17, 15) is 19.5 Å². The van der Waals surface area contributed by atoms with Crippen LogP contribution in [-0.2, 0) is 9.53 Å². The molecule has 0 bridgehead atoms. The normalized spacial score (nSPS) is 13.2. The number of carbonyl (C=O) groups is 2. The van der Waals surface area contributed by atoms with Crippen LogP contribution in [0.5, 0.6) is 11.5 Å². The molecule has 8 heteroatoms. The molecule has 0 unspecified atom stereocenters. The van der Waals surface area contributed by atoms with E-state index in [-0.39, 0.29) is 28.4 Å². The van der Waals surface area contributed by atoms with Crippen molar-refractivity contribution in [3.05, 3.63) is 58.8 Å². The monoisotopic (exact) mass is 467 g/mol. The Morgan fingerprint density at radius 3 is 2.41 bits per heavy atom. The van der Waals surface area contributed by atoms with Crippen molar-refractivity contribution in [2.45, 2.75) is 52.7 Å². The molecule has 1 aromatic heterocycles. The van der Waals surface area contributed by atoms with E-state index in [0.29, 0.717) is 17.7 Å². The van der Waals surface area contributed by atoms with Gasteiger partial charge in [-0.15, -0.1) is 0 Å². The molecule has 1 heterocycles. The van der Waals surface area contributed by atoms with E-state index in [4.69, 9.17) is 13.9 Å². The maximum absolute atomic E-state index is 13.0. The first kappa shape index (κ1) is 24.8. The number of esters is 1. The van der Waals surface area contributed by atoms with Gasteiger partial charge in [-0.05, 0) is 26.7 Å². The molecule has 0 fully saturated rings. The molecule has 2 atom stereocenters. The van der Waals surface area contributed by atoms with Crippen LogP contribution in [-0.4, -0.2) is 28.8 Å². The van der Waals surface area contributed by atoms with E-state index < -0.39 is 29.1 Å². The van der Waals surface area contributed by atoms with E-state index in [2.05, 4.69) is 5.32 Å². The van der Waals surface area contributed by atoms with E-state index in [1.54, 1.807) is 39.8 Å². The average Bonchev–Trinajstić information content (AvgIpc) is 2.75. The average molecular weight is 468 g/mol. The molecule has 0 saturated heterocycles. The number of benzene rings is 2. The fourth-order valence-electron chi connectivity index (χ4n) is 3.33. The Hall–Kier alpha value is -3.81. The molecule has 0 aliphatic carbocycles. The van der Waals surface area contributed by atoms with Gasteiger partial charge in [-0.2, -0.15) is 0 Å². The number of carbonyl (C=O) groups excluding carboxylic acids is 2. The lowest BCUT2D eigenvalue weighted by atomic mass is 9.99. The van der Waals surface area contributed by atoms with E-state index >= 15 is 0 Å². The number of amides is 1. The number of nitrogens with one attached hydrogen (secondary N) is 1. The molecule has 0 aliphatic heterocycles. The molecular formula is C26H29NO7. The van der Waals surface area contributed by atoms with Gasteiger partial charge in [0.1, 0.15) is 39.9 Å². The molecule has 0 aliphatic rings. The predicted octanol–water partition coefficient (Wildman–Crippen LogP) is 5.01. The highest BCUT2D eigenvalue weighted by molar-refractivity contribution is 5.88. The van der Waals surface area contributed by atoms with Crippen molar-refractivity contribution in [1.29, 1.82) is 0 Å². The molecular weight excluding hydrogens is 438 g/mol. The van der Waals surface area contributed by atoms with E-state index in [0.717, 1.165) is 0 Å². The summed E-state index contributed by atoms with van der Waals surface area (Å²) in [4.78, 5) is 37.8. The van der Waals surface area contributed by atoms with Crippen LogP contribution in [0.3, 0.4) is 0 Å². The van der Waals surface area contributed by atoms with Crippen LogP contribution in [0.4, 0.5) is 4.79 Å². The quantitative estimate of drug-likeness (QED) is 0.387. The Labute approximate surface area is 197 Å². The zero-order valence-corrected chi connectivity index (χ0v) is 19.9. The highest BCUT2D eigenvalue weighted by Crippen LogP contribution is 2.31. The van der Waals surface area contributed by atoms with Gasteiger partial charge >= 0.3 is 12.1 Å². The SMILES string of the molecule is CC[C@@H](C)[C@@H](NC(=O)OC(C)(C)C)C(=O)Oc1cc(O)c2c(=O)cc(-c3ccccc3)oc2c1. The minimum atomic E-state index is -0.986. The van der Waals surface area contributed by atoms with Crippen molar-refractivity contribution in [2.24, 2.45) is 5.92 Å². The number of alkyl carbamates (subject to hydrolysis) is 1. The molecule has 34 heavy (non-hydrogen) atoms. The summed E-state index contributed by atoms with van der Waals surface area (Å²) >= 11 is 0. The molecule has 0 saturated carbocycles. The first-order chi connectivity index (χ1) is 16.0. The standard InChI is InChI=1S/C26H29NO7/c1-6-15(2)23(27-25(31)34-26(3,4)5)24(30)32-17-12-18(28)22-19(29)14-20(33-21(22)13-17)16-10-8-7-9-11-16/h7-15,23,28H,6H2,1-5H3,(H,27,31)/t15-,23-/m1/s1. The first-order valence-corrected chi connectivity index (χ1v) is 11.1. The Morgan fingerprint density at radius 1 is 1.12 bits per heavy atom. The van der Waals surface area contributed by atoms with Crippen LogP contribution < -0.4 is 15.5 Å². The van der Waals surface area contributed by atoms with E-state index in [1.807, 2.05) is 25.1 Å². The summed E-state index contributed by atoms with van der Waals surface area (Å²) < 4.78 is 16.6. The molecule has 0 radical (unpaired) electrons. The molecule has 180 valence electrons. The lowest BCUT2D eigenvalue weighted by Gasteiger charge is -2.25. The van der Waals surface area contributed by atoms with E-state index in [1.165, 1.54) is 18.2 Å². The van der Waals surface area contributed by atoms with Gasteiger partial charge in [0.15, 0.2) is 5.43 Å². The number of hydrogen-bond acceptors (Lipinski definition) is 7. The Kier molecular flexibility index (Phi) is 7.29. The van der Waals surface area contributed by atoms with Crippen LogP contribution in [0, 0.1) is 5.92 Å². The lowest BCUT2D eigenvalue weighted by Crippen LogP contribution is -2.48. The summed E-state index contributed by atoms with van der Waals surface area (Å²) in [5, 5.41) is 13.0. The van der Waals surface area contributed by atoms with Crippen LogP contribution in [0.25, 0.3) is 22.3 Å². The molecule has 8 nitrogen and oxygen atoms in total. The number of hydrogen-bond donors (Lipinski definition) is 2. The molecule has 3 aromatic rings.